The Labute approximate surface area is 190 Å². The van der Waals surface area contributed by atoms with E-state index in [1.807, 2.05) is 30.3 Å². The lowest BCUT2D eigenvalue weighted by atomic mass is 9.61. The van der Waals surface area contributed by atoms with Crippen molar-refractivity contribution in [3.05, 3.63) is 59.9 Å². The number of pyridine rings is 1. The van der Waals surface area contributed by atoms with E-state index in [0.29, 0.717) is 11.3 Å². The number of esters is 1. The van der Waals surface area contributed by atoms with Gasteiger partial charge >= 0.3 is 5.97 Å². The highest BCUT2D eigenvalue weighted by Crippen LogP contribution is 2.53. The first kappa shape index (κ1) is 22.8. The van der Waals surface area contributed by atoms with Crippen LogP contribution in [0.25, 0.3) is 17.2 Å². The summed E-state index contributed by atoms with van der Waals surface area (Å²) in [4.78, 5) is 16.7. The number of amidine groups is 1. The number of nitrogens with zero attached hydrogens (tertiary/aromatic N) is 2. The number of ether oxygens (including phenoxy) is 1. The average Bonchev–Trinajstić information content (AvgIpc) is 3.01. The van der Waals surface area contributed by atoms with Gasteiger partial charge in [0.05, 0.1) is 5.69 Å². The van der Waals surface area contributed by atoms with Gasteiger partial charge in [-0.25, -0.2) is 8.78 Å². The molecule has 2 heterocycles. The minimum atomic E-state index is -3.09. The molecule has 2 fully saturated rings. The van der Waals surface area contributed by atoms with Crippen molar-refractivity contribution in [2.45, 2.75) is 37.8 Å². The maximum atomic E-state index is 14.8. The van der Waals surface area contributed by atoms with E-state index in [0.717, 1.165) is 11.1 Å². The molecule has 6 N–H and O–H groups in total. The number of aromatic nitrogens is 1. The summed E-state index contributed by atoms with van der Waals surface area (Å²) in [7, 11) is 0. The molecule has 5 atom stereocenters. The van der Waals surface area contributed by atoms with Crippen LogP contribution in [-0.2, 0) is 9.53 Å². The van der Waals surface area contributed by atoms with Gasteiger partial charge in [-0.1, -0.05) is 43.3 Å². The van der Waals surface area contributed by atoms with Gasteiger partial charge in [-0.3, -0.25) is 9.78 Å². The largest absolute Gasteiger partial charge is 0.461 e. The van der Waals surface area contributed by atoms with E-state index in [1.54, 1.807) is 31.3 Å². The van der Waals surface area contributed by atoms with Crippen LogP contribution >= 0.6 is 0 Å². The van der Waals surface area contributed by atoms with Gasteiger partial charge in [0.15, 0.2) is 5.84 Å². The third kappa shape index (κ3) is 3.86. The number of benzene rings is 1. The summed E-state index contributed by atoms with van der Waals surface area (Å²) >= 11 is 0. The molecule has 0 amide bonds. The van der Waals surface area contributed by atoms with E-state index in [4.69, 9.17) is 22.0 Å². The van der Waals surface area contributed by atoms with Gasteiger partial charge in [-0.05, 0) is 30.5 Å². The molecule has 174 valence electrons. The van der Waals surface area contributed by atoms with Crippen LogP contribution in [-0.4, -0.2) is 34.4 Å². The predicted molar refractivity (Wildman–Crippen MR) is 122 cm³/mol. The molecule has 1 aliphatic carbocycles. The Hall–Kier alpha value is -3.33. The van der Waals surface area contributed by atoms with Crippen molar-refractivity contribution in [1.82, 2.24) is 4.98 Å². The van der Waals surface area contributed by atoms with Gasteiger partial charge in [0.1, 0.15) is 11.6 Å². The van der Waals surface area contributed by atoms with Crippen molar-refractivity contribution >= 4 is 17.9 Å². The number of hydrogen-bond acceptors (Lipinski definition) is 6. The van der Waals surface area contributed by atoms with E-state index in [2.05, 4.69) is 10.1 Å². The summed E-state index contributed by atoms with van der Waals surface area (Å²) in [5.41, 5.74) is 13.3. The summed E-state index contributed by atoms with van der Waals surface area (Å²) in [6, 6.07) is 11.0. The van der Waals surface area contributed by atoms with Gasteiger partial charge in [0.2, 0.25) is 0 Å². The predicted octanol–water partition coefficient (Wildman–Crippen LogP) is 2.89. The molecule has 1 aliphatic heterocycles. The van der Waals surface area contributed by atoms with Crippen LogP contribution in [0.3, 0.4) is 0 Å². The summed E-state index contributed by atoms with van der Waals surface area (Å²) in [6.07, 6.45) is 3.78. The first-order chi connectivity index (χ1) is 15.6. The van der Waals surface area contributed by atoms with Crippen LogP contribution in [0.15, 0.2) is 53.8 Å². The quantitative estimate of drug-likeness (QED) is 0.214. The third-order valence-electron chi connectivity index (χ3n) is 6.89. The fourth-order valence-electron chi connectivity index (χ4n) is 5.08. The van der Waals surface area contributed by atoms with Crippen LogP contribution in [0.4, 0.5) is 8.78 Å². The van der Waals surface area contributed by atoms with Crippen molar-refractivity contribution in [2.75, 3.05) is 0 Å². The van der Waals surface area contributed by atoms with Crippen molar-refractivity contribution in [3.63, 3.8) is 0 Å². The first-order valence-corrected chi connectivity index (χ1v) is 10.7. The smallest absolute Gasteiger partial charge is 0.327 e. The van der Waals surface area contributed by atoms with Crippen LogP contribution in [0.1, 0.15) is 31.5 Å². The molecule has 0 spiro atoms. The number of nitrogens with two attached hydrogens (primary N) is 3. The minimum Gasteiger partial charge on any atom is -0.461 e. The molecule has 0 radical (unpaired) electrons. The SMILES string of the molecule is CC1OC(=O)C2(N)CC(F)(F)C(C)C(/C=C/c3ccc(-c4ccccc4/C(N)=N/N)cn3)C12. The normalized spacial score (nSPS) is 31.4. The molecule has 2 aliphatic rings. The molecule has 4 rings (SSSR count). The van der Waals surface area contributed by atoms with Gasteiger partial charge < -0.3 is 22.0 Å². The van der Waals surface area contributed by atoms with Gasteiger partial charge in [0.25, 0.3) is 5.92 Å². The topological polar surface area (TPSA) is 130 Å². The molecule has 1 saturated heterocycles. The Bertz CT molecular complexity index is 1120. The Kier molecular flexibility index (Phi) is 5.69. The zero-order chi connectivity index (χ0) is 24.0. The molecule has 9 heteroatoms. The number of halogens is 2. The number of alkyl halides is 2. The maximum absolute atomic E-state index is 14.8. The lowest BCUT2D eigenvalue weighted by Crippen LogP contribution is -2.62. The molecule has 0 bridgehead atoms. The summed E-state index contributed by atoms with van der Waals surface area (Å²) in [5.74, 6) is -0.511. The molecule has 1 aromatic heterocycles. The van der Waals surface area contributed by atoms with E-state index < -0.39 is 47.7 Å². The fraction of sp³-hybridized carbons (Fsp3) is 0.375. The molecular formula is C24H27F2N5O2. The Morgan fingerprint density at radius 3 is 2.64 bits per heavy atom. The van der Waals surface area contributed by atoms with E-state index in [9.17, 15) is 13.6 Å². The molecule has 1 aromatic carbocycles. The second-order valence-corrected chi connectivity index (χ2v) is 8.87. The summed E-state index contributed by atoms with van der Waals surface area (Å²) in [5, 5.41) is 3.56. The van der Waals surface area contributed by atoms with E-state index in [1.165, 1.54) is 6.92 Å². The van der Waals surface area contributed by atoms with Gasteiger partial charge in [-0.2, -0.15) is 5.10 Å². The fourth-order valence-corrected chi connectivity index (χ4v) is 5.08. The minimum absolute atomic E-state index is 0.203. The molecule has 33 heavy (non-hydrogen) atoms. The lowest BCUT2D eigenvalue weighted by molar-refractivity contribution is -0.155. The molecule has 5 unspecified atom stereocenters. The average molecular weight is 456 g/mol. The Morgan fingerprint density at radius 1 is 1.24 bits per heavy atom. The standard InChI is InChI=1S/C24H27F2N5O2/c1-13-17(20-14(2)33-22(32)23(20,28)12-24(13,25)26)10-9-16-8-7-15(11-30-16)18-5-3-4-6-19(18)21(27)31-29/h3-11,13-14,17,20H,12,28-29H2,1-2H3,(H2,27,31)/b10-9+. The number of carbonyl (C=O) groups is 1. The Morgan fingerprint density at radius 2 is 1.97 bits per heavy atom. The second kappa shape index (κ2) is 8.22. The number of cyclic esters (lactones) is 1. The highest BCUT2D eigenvalue weighted by atomic mass is 19.3. The van der Waals surface area contributed by atoms with Gasteiger partial charge in [-0.15, -0.1) is 0 Å². The maximum Gasteiger partial charge on any atom is 0.327 e. The summed E-state index contributed by atoms with van der Waals surface area (Å²) < 4.78 is 34.8. The van der Waals surface area contributed by atoms with Crippen molar-refractivity contribution in [2.24, 2.45) is 40.2 Å². The summed E-state index contributed by atoms with van der Waals surface area (Å²) in [6.45, 7) is 3.19. The zero-order valence-corrected chi connectivity index (χ0v) is 18.4. The number of allylic oxidation sites excluding steroid dienone is 1. The Balaban J connectivity index is 1.63. The lowest BCUT2D eigenvalue weighted by Gasteiger charge is -2.45. The highest BCUT2D eigenvalue weighted by Gasteiger charge is 2.66. The highest BCUT2D eigenvalue weighted by molar-refractivity contribution is 6.03. The van der Waals surface area contributed by atoms with Crippen molar-refractivity contribution in [3.8, 4) is 11.1 Å². The molecule has 2 aromatic rings. The van der Waals surface area contributed by atoms with E-state index >= 15 is 0 Å². The van der Waals surface area contributed by atoms with Crippen LogP contribution in [0, 0.1) is 17.8 Å². The van der Waals surface area contributed by atoms with Crippen molar-refractivity contribution in [1.29, 1.82) is 0 Å². The number of hydrazone groups is 1. The monoisotopic (exact) mass is 455 g/mol. The molecular weight excluding hydrogens is 428 g/mol. The molecule has 7 nitrogen and oxygen atoms in total. The number of hydrogen-bond donors (Lipinski definition) is 3. The molecule has 1 saturated carbocycles. The first-order valence-electron chi connectivity index (χ1n) is 10.7. The van der Waals surface area contributed by atoms with Gasteiger partial charge in [0, 0.05) is 35.6 Å². The van der Waals surface area contributed by atoms with Crippen LogP contribution in [0.2, 0.25) is 0 Å². The van der Waals surface area contributed by atoms with Crippen molar-refractivity contribution < 1.29 is 18.3 Å². The number of fused-ring (bicyclic) bond motifs is 1. The van der Waals surface area contributed by atoms with Crippen LogP contribution in [0.5, 0.6) is 0 Å². The second-order valence-electron chi connectivity index (χ2n) is 8.87. The van der Waals surface area contributed by atoms with E-state index in [-0.39, 0.29) is 5.84 Å². The number of rotatable bonds is 4. The van der Waals surface area contributed by atoms with Crippen LogP contribution < -0.4 is 17.3 Å². The zero-order valence-electron chi connectivity index (χ0n) is 18.4. The number of carbonyl (C=O) groups excluding carboxylic acids is 1. The third-order valence-corrected chi connectivity index (χ3v) is 6.89.